The van der Waals surface area contributed by atoms with Gasteiger partial charge in [0.05, 0.1) is 12.0 Å². The van der Waals surface area contributed by atoms with Gasteiger partial charge in [-0.05, 0) is 12.3 Å². The molecule has 0 atom stereocenters. The quantitative estimate of drug-likeness (QED) is 0.699. The third kappa shape index (κ3) is 1.35. The summed E-state index contributed by atoms with van der Waals surface area (Å²) < 4.78 is 0. The number of H-pyrrole nitrogens is 1. The van der Waals surface area contributed by atoms with Gasteiger partial charge in [-0.1, -0.05) is 0 Å². The summed E-state index contributed by atoms with van der Waals surface area (Å²) in [6.45, 7) is 0. The second-order valence-corrected chi connectivity index (χ2v) is 2.48. The van der Waals surface area contributed by atoms with E-state index >= 15 is 0 Å². The maximum Gasteiger partial charge on any atom is 0.181 e. The van der Waals surface area contributed by atoms with Crippen LogP contribution in [0.2, 0.25) is 0 Å². The molecule has 2 aromatic heterocycles. The molecule has 0 bridgehead atoms. The molecule has 2 N–H and O–H groups in total. The van der Waals surface area contributed by atoms with Gasteiger partial charge in [0, 0.05) is 7.05 Å². The van der Waals surface area contributed by atoms with E-state index in [9.17, 15) is 0 Å². The molecule has 5 nitrogen and oxygen atoms in total. The lowest BCUT2D eigenvalue weighted by Gasteiger charge is -1.93. The van der Waals surface area contributed by atoms with E-state index in [1.165, 1.54) is 6.33 Å². The first-order valence-electron chi connectivity index (χ1n) is 3.89. The topological polar surface area (TPSA) is 66.5 Å². The number of aromatic nitrogens is 4. The molecule has 0 saturated carbocycles. The highest BCUT2D eigenvalue weighted by atomic mass is 15.0. The van der Waals surface area contributed by atoms with Gasteiger partial charge in [-0.25, -0.2) is 15.0 Å². The fourth-order valence-electron chi connectivity index (χ4n) is 1.07. The molecule has 0 radical (unpaired) electrons. The number of fused-ring (bicyclic) bond motifs is 1. The highest BCUT2D eigenvalue weighted by Crippen LogP contribution is 2.09. The smallest absolute Gasteiger partial charge is 0.181 e. The number of hydrogen-bond acceptors (Lipinski definition) is 4. The molecule has 5 heteroatoms. The Morgan fingerprint density at radius 3 is 3.15 bits per heavy atom. The minimum absolute atomic E-state index is 0.686. The van der Waals surface area contributed by atoms with Crippen molar-refractivity contribution in [1.29, 1.82) is 0 Å². The van der Waals surface area contributed by atoms with Crippen molar-refractivity contribution in [3.63, 3.8) is 0 Å². The maximum atomic E-state index is 4.11. The van der Waals surface area contributed by atoms with Gasteiger partial charge in [-0.2, -0.15) is 0 Å². The van der Waals surface area contributed by atoms with Crippen LogP contribution in [0.25, 0.3) is 17.2 Å². The van der Waals surface area contributed by atoms with Crippen LogP contribution >= 0.6 is 0 Å². The van der Waals surface area contributed by atoms with Crippen molar-refractivity contribution in [1.82, 2.24) is 25.3 Å². The Balaban J connectivity index is 2.54. The third-order valence-corrected chi connectivity index (χ3v) is 1.66. The summed E-state index contributed by atoms with van der Waals surface area (Å²) in [5, 5.41) is 2.90. The second-order valence-electron chi connectivity index (χ2n) is 2.48. The zero-order valence-electron chi connectivity index (χ0n) is 7.15. The molecule has 0 spiro atoms. The molecule has 0 amide bonds. The molecular formula is C8H9N5. The zero-order valence-corrected chi connectivity index (χ0v) is 7.15. The molecule has 0 aromatic carbocycles. The van der Waals surface area contributed by atoms with Gasteiger partial charge in [-0.3, -0.25) is 0 Å². The van der Waals surface area contributed by atoms with E-state index in [1.54, 1.807) is 6.33 Å². The van der Waals surface area contributed by atoms with Crippen molar-refractivity contribution in [2.45, 2.75) is 0 Å². The summed E-state index contributed by atoms with van der Waals surface area (Å²) in [6, 6.07) is 0. The molecule has 0 unspecified atom stereocenters. The van der Waals surface area contributed by atoms with Crippen molar-refractivity contribution in [3.8, 4) is 0 Å². The lowest BCUT2D eigenvalue weighted by molar-refractivity contribution is 1.11. The molecule has 0 fully saturated rings. The molecule has 66 valence electrons. The lowest BCUT2D eigenvalue weighted by atomic mass is 10.3. The molecule has 0 aliphatic heterocycles. The maximum absolute atomic E-state index is 4.11. The van der Waals surface area contributed by atoms with Gasteiger partial charge >= 0.3 is 0 Å². The monoisotopic (exact) mass is 175 g/mol. The van der Waals surface area contributed by atoms with Crippen LogP contribution < -0.4 is 5.32 Å². The summed E-state index contributed by atoms with van der Waals surface area (Å²) >= 11 is 0. The zero-order chi connectivity index (χ0) is 9.10. The van der Waals surface area contributed by atoms with E-state index in [0.717, 1.165) is 11.2 Å². The minimum Gasteiger partial charge on any atom is -0.394 e. The summed E-state index contributed by atoms with van der Waals surface area (Å²) in [4.78, 5) is 15.1. The van der Waals surface area contributed by atoms with Gasteiger partial charge < -0.3 is 10.3 Å². The molecule has 2 rings (SSSR count). The van der Waals surface area contributed by atoms with E-state index in [0.29, 0.717) is 5.65 Å². The van der Waals surface area contributed by atoms with E-state index in [4.69, 9.17) is 0 Å². The first kappa shape index (κ1) is 7.72. The summed E-state index contributed by atoms with van der Waals surface area (Å²) in [7, 11) is 1.84. The van der Waals surface area contributed by atoms with E-state index in [-0.39, 0.29) is 0 Å². The fourth-order valence-corrected chi connectivity index (χ4v) is 1.07. The minimum atomic E-state index is 0.686. The van der Waals surface area contributed by atoms with Gasteiger partial charge in [0.25, 0.3) is 0 Å². The van der Waals surface area contributed by atoms with Crippen molar-refractivity contribution in [3.05, 3.63) is 24.5 Å². The number of imidazole rings is 1. The van der Waals surface area contributed by atoms with E-state index in [1.807, 2.05) is 19.3 Å². The Bertz CT molecular complexity index is 431. The lowest BCUT2D eigenvalue weighted by Crippen LogP contribution is -1.92. The Morgan fingerprint density at radius 1 is 1.38 bits per heavy atom. The molecule has 2 aromatic rings. The number of nitrogens with zero attached hydrogens (tertiary/aromatic N) is 3. The van der Waals surface area contributed by atoms with Gasteiger partial charge in [-0.15, -0.1) is 0 Å². The summed E-state index contributed by atoms with van der Waals surface area (Å²) in [5.41, 5.74) is 2.37. The van der Waals surface area contributed by atoms with Crippen molar-refractivity contribution in [2.75, 3.05) is 7.05 Å². The molecule has 13 heavy (non-hydrogen) atoms. The van der Waals surface area contributed by atoms with Crippen LogP contribution in [0, 0.1) is 0 Å². The Morgan fingerprint density at radius 2 is 2.31 bits per heavy atom. The van der Waals surface area contributed by atoms with Gasteiger partial charge in [0.2, 0.25) is 0 Å². The van der Waals surface area contributed by atoms with Crippen molar-refractivity contribution < 1.29 is 0 Å². The number of nitrogens with one attached hydrogen (secondary N) is 2. The summed E-state index contributed by atoms with van der Waals surface area (Å²) in [5.74, 6) is 0. The van der Waals surface area contributed by atoms with Crippen molar-refractivity contribution in [2.24, 2.45) is 0 Å². The van der Waals surface area contributed by atoms with Crippen LogP contribution in [0.3, 0.4) is 0 Å². The number of rotatable bonds is 2. The predicted molar refractivity (Wildman–Crippen MR) is 49.8 cm³/mol. The number of aromatic amines is 1. The van der Waals surface area contributed by atoms with Crippen LogP contribution in [0.15, 0.2) is 18.9 Å². The third-order valence-electron chi connectivity index (χ3n) is 1.66. The standard InChI is InChI=1S/C8H9N5/c1-9-3-2-6-7-8(12-4-10-6)13-5-11-7/h2-5,9H,1H3,(H,10,11,12,13). The van der Waals surface area contributed by atoms with Crippen molar-refractivity contribution >= 4 is 17.2 Å². The highest BCUT2D eigenvalue weighted by molar-refractivity contribution is 5.78. The molecule has 0 aliphatic carbocycles. The summed E-state index contributed by atoms with van der Waals surface area (Å²) in [6.07, 6.45) is 6.78. The van der Waals surface area contributed by atoms with Gasteiger partial charge in [0.15, 0.2) is 5.65 Å². The van der Waals surface area contributed by atoms with E-state index in [2.05, 4.69) is 25.3 Å². The Kier molecular flexibility index (Phi) is 1.91. The molecular weight excluding hydrogens is 166 g/mol. The molecule has 2 heterocycles. The van der Waals surface area contributed by atoms with Crippen LogP contribution in [-0.2, 0) is 0 Å². The predicted octanol–water partition coefficient (Wildman–Crippen LogP) is 0.543. The Hall–Kier alpha value is -1.91. The SMILES string of the molecule is CNC=Cc1ncnc2nc[nH]c12. The first-order chi connectivity index (χ1) is 6.42. The number of hydrogen-bond donors (Lipinski definition) is 2. The highest BCUT2D eigenvalue weighted by Gasteiger charge is 2.00. The largest absolute Gasteiger partial charge is 0.394 e. The van der Waals surface area contributed by atoms with Crippen LogP contribution in [-0.4, -0.2) is 27.0 Å². The average molecular weight is 175 g/mol. The first-order valence-corrected chi connectivity index (χ1v) is 3.89. The van der Waals surface area contributed by atoms with Crippen LogP contribution in [0.5, 0.6) is 0 Å². The van der Waals surface area contributed by atoms with Gasteiger partial charge in [0.1, 0.15) is 11.8 Å². The normalized spacial score (nSPS) is 11.2. The fraction of sp³-hybridized carbons (Fsp3) is 0.125. The Labute approximate surface area is 74.9 Å². The molecule has 0 aliphatic rings. The van der Waals surface area contributed by atoms with Crippen LogP contribution in [0.1, 0.15) is 5.69 Å². The second kappa shape index (κ2) is 3.22. The molecule has 0 saturated heterocycles. The van der Waals surface area contributed by atoms with E-state index < -0.39 is 0 Å². The van der Waals surface area contributed by atoms with Crippen LogP contribution in [0.4, 0.5) is 0 Å². The average Bonchev–Trinajstić information content (AvgIpc) is 2.62.